The molecule has 0 aromatic carbocycles. The molecular formula is C17H26N6O2. The molecule has 2 aliphatic heterocycles. The number of hydrogen-bond donors (Lipinski definition) is 1. The summed E-state index contributed by atoms with van der Waals surface area (Å²) < 4.78 is 0. The van der Waals surface area contributed by atoms with E-state index in [-0.39, 0.29) is 18.0 Å². The topological polar surface area (TPSA) is 81.7 Å². The average Bonchev–Trinajstić information content (AvgIpc) is 2.68. The number of amides is 3. The van der Waals surface area contributed by atoms with E-state index in [1.807, 2.05) is 16.7 Å². The molecule has 2 aliphatic rings. The molecule has 8 nitrogen and oxygen atoms in total. The highest BCUT2D eigenvalue weighted by atomic mass is 16.2. The van der Waals surface area contributed by atoms with Crippen molar-refractivity contribution in [3.8, 4) is 0 Å². The van der Waals surface area contributed by atoms with Crippen LogP contribution < -0.4 is 5.32 Å². The zero-order chi connectivity index (χ0) is 17.6. The van der Waals surface area contributed by atoms with Gasteiger partial charge in [-0.3, -0.25) is 15.0 Å². The number of urea groups is 1. The van der Waals surface area contributed by atoms with Crippen molar-refractivity contribution in [3.05, 3.63) is 18.5 Å². The predicted octanol–water partition coefficient (Wildman–Crippen LogP) is 1.03. The van der Waals surface area contributed by atoms with Crippen LogP contribution in [0.5, 0.6) is 0 Å². The van der Waals surface area contributed by atoms with Gasteiger partial charge in [0, 0.05) is 51.7 Å². The molecule has 1 atom stereocenters. The van der Waals surface area contributed by atoms with E-state index in [4.69, 9.17) is 0 Å². The maximum atomic E-state index is 12.5. The predicted molar refractivity (Wildman–Crippen MR) is 94.1 cm³/mol. The number of piperidine rings is 1. The monoisotopic (exact) mass is 346 g/mol. The molecule has 25 heavy (non-hydrogen) atoms. The van der Waals surface area contributed by atoms with Crippen LogP contribution in [0.1, 0.15) is 26.2 Å². The molecule has 2 saturated heterocycles. The van der Waals surface area contributed by atoms with Crippen LogP contribution in [0.25, 0.3) is 0 Å². The number of aromatic nitrogens is 2. The molecule has 0 saturated carbocycles. The second-order valence-corrected chi connectivity index (χ2v) is 6.59. The summed E-state index contributed by atoms with van der Waals surface area (Å²) in [6, 6.07) is 1.57. The van der Waals surface area contributed by atoms with Crippen LogP contribution >= 0.6 is 0 Å². The number of rotatable bonds is 3. The zero-order valence-corrected chi connectivity index (χ0v) is 14.7. The molecule has 1 aromatic heterocycles. The summed E-state index contributed by atoms with van der Waals surface area (Å²) in [6.45, 7) is 6.33. The first kappa shape index (κ1) is 17.6. The van der Waals surface area contributed by atoms with E-state index in [0.717, 1.165) is 25.9 Å². The van der Waals surface area contributed by atoms with Gasteiger partial charge in [-0.15, -0.1) is 0 Å². The van der Waals surface area contributed by atoms with Gasteiger partial charge in [0.15, 0.2) is 0 Å². The SMILES string of the molecule is C[C@H](C(=O)Nc1ncccn1)N1CCN(C(=O)N2CCCCC2)CC1. The molecule has 0 radical (unpaired) electrons. The summed E-state index contributed by atoms with van der Waals surface area (Å²) in [5.41, 5.74) is 0. The minimum absolute atomic E-state index is 0.123. The van der Waals surface area contributed by atoms with Crippen molar-refractivity contribution in [1.29, 1.82) is 0 Å². The highest BCUT2D eigenvalue weighted by molar-refractivity contribution is 5.93. The Morgan fingerprint density at radius 2 is 1.56 bits per heavy atom. The number of piperazine rings is 1. The molecule has 3 amide bonds. The van der Waals surface area contributed by atoms with Crippen LogP contribution in [0.4, 0.5) is 10.7 Å². The van der Waals surface area contributed by atoms with Crippen molar-refractivity contribution in [3.63, 3.8) is 0 Å². The van der Waals surface area contributed by atoms with Crippen LogP contribution in [-0.4, -0.2) is 81.9 Å². The van der Waals surface area contributed by atoms with Gasteiger partial charge < -0.3 is 9.80 Å². The minimum Gasteiger partial charge on any atom is -0.325 e. The standard InChI is InChI=1S/C17H26N6O2/c1-14(15(24)20-16-18-6-5-7-19-16)21-10-12-23(13-11-21)17(25)22-8-3-2-4-9-22/h5-7,14H,2-4,8-13H2,1H3,(H,18,19,20,24)/t14-/m1/s1. The van der Waals surface area contributed by atoms with Crippen LogP contribution in [0.2, 0.25) is 0 Å². The zero-order valence-electron chi connectivity index (χ0n) is 14.7. The normalized spacial score (nSPS) is 20.2. The van der Waals surface area contributed by atoms with Gasteiger partial charge in [-0.2, -0.15) is 0 Å². The fourth-order valence-corrected chi connectivity index (χ4v) is 3.33. The molecule has 3 heterocycles. The first-order chi connectivity index (χ1) is 12.1. The minimum atomic E-state index is -0.281. The number of likely N-dealkylation sites (tertiary alicyclic amines) is 1. The molecule has 0 aliphatic carbocycles. The fraction of sp³-hybridized carbons (Fsp3) is 0.647. The lowest BCUT2D eigenvalue weighted by Gasteiger charge is -2.40. The molecular weight excluding hydrogens is 320 g/mol. The lowest BCUT2D eigenvalue weighted by atomic mass is 10.1. The van der Waals surface area contributed by atoms with Crippen molar-refractivity contribution >= 4 is 17.9 Å². The number of hydrogen-bond acceptors (Lipinski definition) is 5. The fourth-order valence-electron chi connectivity index (χ4n) is 3.33. The third-order valence-electron chi connectivity index (χ3n) is 4.94. The Morgan fingerprint density at radius 3 is 2.20 bits per heavy atom. The van der Waals surface area contributed by atoms with Gasteiger partial charge in [0.1, 0.15) is 0 Å². The van der Waals surface area contributed by atoms with Gasteiger partial charge in [0.25, 0.3) is 0 Å². The Labute approximate surface area is 148 Å². The summed E-state index contributed by atoms with van der Waals surface area (Å²) in [6.07, 6.45) is 6.61. The number of carbonyl (C=O) groups excluding carboxylic acids is 2. The van der Waals surface area contributed by atoms with Crippen molar-refractivity contribution in [2.45, 2.75) is 32.2 Å². The van der Waals surface area contributed by atoms with Gasteiger partial charge in [-0.1, -0.05) is 0 Å². The maximum Gasteiger partial charge on any atom is 0.320 e. The van der Waals surface area contributed by atoms with Crippen molar-refractivity contribution in [2.75, 3.05) is 44.6 Å². The lowest BCUT2D eigenvalue weighted by Crippen LogP contribution is -2.56. The first-order valence-corrected chi connectivity index (χ1v) is 9.01. The maximum absolute atomic E-state index is 12.5. The third kappa shape index (κ3) is 4.45. The van der Waals surface area contributed by atoms with Crippen LogP contribution in [0.3, 0.4) is 0 Å². The van der Waals surface area contributed by atoms with E-state index >= 15 is 0 Å². The number of anilines is 1. The summed E-state index contributed by atoms with van der Waals surface area (Å²) in [5, 5.41) is 2.73. The second kappa shape index (κ2) is 8.24. The van der Waals surface area contributed by atoms with Gasteiger partial charge in [0.05, 0.1) is 6.04 Å². The Kier molecular flexibility index (Phi) is 5.80. The van der Waals surface area contributed by atoms with Crippen LogP contribution in [0, 0.1) is 0 Å². The second-order valence-electron chi connectivity index (χ2n) is 6.59. The van der Waals surface area contributed by atoms with Crippen LogP contribution in [0.15, 0.2) is 18.5 Å². The van der Waals surface area contributed by atoms with Crippen LogP contribution in [-0.2, 0) is 4.79 Å². The molecule has 2 fully saturated rings. The summed E-state index contributed by atoms with van der Waals surface area (Å²) in [7, 11) is 0. The highest BCUT2D eigenvalue weighted by Crippen LogP contribution is 2.14. The highest BCUT2D eigenvalue weighted by Gasteiger charge is 2.30. The molecule has 8 heteroatoms. The molecule has 1 aromatic rings. The number of nitrogens with zero attached hydrogens (tertiary/aromatic N) is 5. The number of nitrogens with one attached hydrogen (secondary N) is 1. The molecule has 0 unspecified atom stereocenters. The first-order valence-electron chi connectivity index (χ1n) is 9.01. The van der Waals surface area contributed by atoms with Gasteiger partial charge in [-0.25, -0.2) is 14.8 Å². The Morgan fingerprint density at radius 1 is 0.960 bits per heavy atom. The molecule has 1 N–H and O–H groups in total. The Bertz CT molecular complexity index is 582. The smallest absolute Gasteiger partial charge is 0.320 e. The Hall–Kier alpha value is -2.22. The van der Waals surface area contributed by atoms with Gasteiger partial charge >= 0.3 is 6.03 Å². The van der Waals surface area contributed by atoms with Gasteiger partial charge in [-0.05, 0) is 32.3 Å². The van der Waals surface area contributed by atoms with E-state index < -0.39 is 0 Å². The lowest BCUT2D eigenvalue weighted by molar-refractivity contribution is -0.121. The van der Waals surface area contributed by atoms with Crippen molar-refractivity contribution < 1.29 is 9.59 Å². The number of carbonyl (C=O) groups is 2. The molecule has 0 spiro atoms. The molecule has 136 valence electrons. The summed E-state index contributed by atoms with van der Waals surface area (Å²) >= 11 is 0. The summed E-state index contributed by atoms with van der Waals surface area (Å²) in [4.78, 5) is 38.9. The van der Waals surface area contributed by atoms with Crippen molar-refractivity contribution in [1.82, 2.24) is 24.7 Å². The van der Waals surface area contributed by atoms with E-state index in [2.05, 4.69) is 20.2 Å². The Balaban J connectivity index is 1.47. The molecule has 3 rings (SSSR count). The average molecular weight is 346 g/mol. The van der Waals surface area contributed by atoms with E-state index in [9.17, 15) is 9.59 Å². The van der Waals surface area contributed by atoms with Gasteiger partial charge in [0.2, 0.25) is 11.9 Å². The quantitative estimate of drug-likeness (QED) is 0.884. The van der Waals surface area contributed by atoms with E-state index in [1.165, 1.54) is 6.42 Å². The van der Waals surface area contributed by atoms with Crippen molar-refractivity contribution in [2.24, 2.45) is 0 Å². The van der Waals surface area contributed by atoms with E-state index in [1.54, 1.807) is 18.5 Å². The van der Waals surface area contributed by atoms with E-state index in [0.29, 0.717) is 32.1 Å². The summed E-state index contributed by atoms with van der Waals surface area (Å²) in [5.74, 6) is 0.195. The largest absolute Gasteiger partial charge is 0.325 e. The molecule has 0 bridgehead atoms. The third-order valence-corrected chi connectivity index (χ3v) is 4.94.